The Morgan fingerprint density at radius 2 is 1.74 bits per heavy atom. The van der Waals surface area contributed by atoms with E-state index >= 15 is 0 Å². The number of nitrogens with zero attached hydrogens (tertiary/aromatic N) is 3. The number of imide groups is 1. The molecule has 0 N–H and O–H groups in total. The first-order chi connectivity index (χ1) is 14.4. The molecule has 31 heavy (non-hydrogen) atoms. The van der Waals surface area contributed by atoms with Gasteiger partial charge in [0.2, 0.25) is 0 Å². The minimum Gasteiger partial charge on any atom is -0.406 e. The summed E-state index contributed by atoms with van der Waals surface area (Å²) in [6.07, 6.45) is -2.35. The van der Waals surface area contributed by atoms with Crippen molar-refractivity contribution in [1.82, 2.24) is 9.88 Å². The number of amides is 3. The molecule has 166 valence electrons. The van der Waals surface area contributed by atoms with E-state index in [9.17, 15) is 22.8 Å². The molecule has 0 radical (unpaired) electrons. The first-order valence-electron chi connectivity index (χ1n) is 9.84. The Bertz CT molecular complexity index is 972. The number of hydrogen-bond acceptors (Lipinski definition) is 4. The molecule has 1 aliphatic rings. The number of alkyl halides is 3. The van der Waals surface area contributed by atoms with Gasteiger partial charge >= 0.3 is 12.4 Å². The van der Waals surface area contributed by atoms with Crippen LogP contribution in [0.5, 0.6) is 5.75 Å². The van der Waals surface area contributed by atoms with Crippen molar-refractivity contribution in [3.8, 4) is 5.75 Å². The zero-order chi connectivity index (χ0) is 23.0. The Balaban J connectivity index is 1.83. The quantitative estimate of drug-likeness (QED) is 0.604. The van der Waals surface area contributed by atoms with Gasteiger partial charge in [-0.25, -0.2) is 9.69 Å². The molecule has 2 aromatic rings. The lowest BCUT2D eigenvalue weighted by molar-refractivity contribution is -0.274. The molecule has 3 amide bonds. The van der Waals surface area contributed by atoms with E-state index in [-0.39, 0.29) is 12.2 Å². The van der Waals surface area contributed by atoms with Gasteiger partial charge in [0.1, 0.15) is 11.3 Å². The highest BCUT2D eigenvalue weighted by Crippen LogP contribution is 2.34. The lowest BCUT2D eigenvalue weighted by Gasteiger charge is -2.27. The number of anilines is 1. The van der Waals surface area contributed by atoms with Crippen LogP contribution in [0.1, 0.15) is 39.0 Å². The molecule has 6 nitrogen and oxygen atoms in total. The van der Waals surface area contributed by atoms with Crippen molar-refractivity contribution in [2.45, 2.75) is 52.6 Å². The second-order valence-corrected chi connectivity index (χ2v) is 8.36. The van der Waals surface area contributed by atoms with Crippen LogP contribution < -0.4 is 9.64 Å². The Morgan fingerprint density at radius 1 is 1.10 bits per heavy atom. The third-order valence-corrected chi connectivity index (χ3v) is 4.99. The van der Waals surface area contributed by atoms with Crippen LogP contribution in [0.2, 0.25) is 0 Å². The standard InChI is InChI=1S/C22H24F3N3O3/c1-14(2)11-16-12-15(9-10-26-16)13-27-20(30)28(19(29)21(27,3)4)17-5-7-18(8-6-17)31-22(23,24)25/h5-10,12,14H,11,13H2,1-4H3. The molecule has 0 aliphatic carbocycles. The van der Waals surface area contributed by atoms with Crippen LogP contribution in [0.3, 0.4) is 0 Å². The van der Waals surface area contributed by atoms with Gasteiger partial charge in [0.15, 0.2) is 0 Å². The average Bonchev–Trinajstić information content (AvgIpc) is 2.81. The largest absolute Gasteiger partial charge is 0.573 e. The molecule has 1 fully saturated rings. The summed E-state index contributed by atoms with van der Waals surface area (Å²) in [5, 5.41) is 0. The first kappa shape index (κ1) is 22.6. The zero-order valence-electron chi connectivity index (χ0n) is 17.7. The lowest BCUT2D eigenvalue weighted by Crippen LogP contribution is -2.43. The highest BCUT2D eigenvalue weighted by Gasteiger charge is 2.51. The van der Waals surface area contributed by atoms with E-state index < -0.39 is 29.6 Å². The van der Waals surface area contributed by atoms with E-state index in [1.165, 1.54) is 17.0 Å². The molecule has 0 bridgehead atoms. The van der Waals surface area contributed by atoms with E-state index in [1.807, 2.05) is 6.07 Å². The van der Waals surface area contributed by atoms with Crippen molar-refractivity contribution < 1.29 is 27.5 Å². The van der Waals surface area contributed by atoms with Gasteiger partial charge in [0, 0.05) is 18.4 Å². The van der Waals surface area contributed by atoms with Crippen LogP contribution in [0, 0.1) is 5.92 Å². The second-order valence-electron chi connectivity index (χ2n) is 8.36. The molecule has 0 saturated carbocycles. The van der Waals surface area contributed by atoms with E-state index in [2.05, 4.69) is 23.6 Å². The molecular weight excluding hydrogens is 411 g/mol. The molecule has 3 rings (SSSR count). The molecule has 1 aliphatic heterocycles. The number of carbonyl (C=O) groups excluding carboxylic acids is 2. The van der Waals surface area contributed by atoms with Gasteiger partial charge in [0.05, 0.1) is 5.69 Å². The summed E-state index contributed by atoms with van der Waals surface area (Å²) >= 11 is 0. The predicted molar refractivity (Wildman–Crippen MR) is 108 cm³/mol. The lowest BCUT2D eigenvalue weighted by atomic mass is 10.0. The van der Waals surface area contributed by atoms with Crippen molar-refractivity contribution in [2.24, 2.45) is 5.92 Å². The number of urea groups is 1. The third kappa shape index (κ3) is 4.98. The maximum absolute atomic E-state index is 13.1. The maximum atomic E-state index is 13.1. The summed E-state index contributed by atoms with van der Waals surface area (Å²) in [5.74, 6) is -0.464. The number of hydrogen-bond donors (Lipinski definition) is 0. The normalized spacial score (nSPS) is 16.4. The highest BCUT2D eigenvalue weighted by molar-refractivity contribution is 6.22. The van der Waals surface area contributed by atoms with Crippen molar-refractivity contribution in [3.63, 3.8) is 0 Å². The Morgan fingerprint density at radius 3 is 2.32 bits per heavy atom. The fourth-order valence-corrected chi connectivity index (χ4v) is 3.46. The monoisotopic (exact) mass is 435 g/mol. The van der Waals surface area contributed by atoms with Crippen LogP contribution in [-0.4, -0.2) is 33.7 Å². The van der Waals surface area contributed by atoms with Crippen molar-refractivity contribution in [2.75, 3.05) is 4.90 Å². The fourth-order valence-electron chi connectivity index (χ4n) is 3.46. The number of rotatable bonds is 6. The molecule has 0 unspecified atom stereocenters. The van der Waals surface area contributed by atoms with Gasteiger partial charge in [-0.15, -0.1) is 13.2 Å². The van der Waals surface area contributed by atoms with Crippen LogP contribution in [0.25, 0.3) is 0 Å². The molecule has 0 spiro atoms. The van der Waals surface area contributed by atoms with E-state index in [1.54, 1.807) is 26.1 Å². The van der Waals surface area contributed by atoms with Crippen molar-refractivity contribution in [3.05, 3.63) is 53.9 Å². The van der Waals surface area contributed by atoms with Gasteiger partial charge < -0.3 is 9.64 Å². The number of halogens is 3. The number of aromatic nitrogens is 1. The minimum absolute atomic E-state index is 0.176. The van der Waals surface area contributed by atoms with Crippen molar-refractivity contribution in [1.29, 1.82) is 0 Å². The molecule has 1 saturated heterocycles. The first-order valence-corrected chi connectivity index (χ1v) is 9.84. The van der Waals surface area contributed by atoms with Crippen molar-refractivity contribution >= 4 is 17.6 Å². The Labute approximate surface area is 178 Å². The van der Waals surface area contributed by atoms with Crippen LogP contribution in [-0.2, 0) is 17.8 Å². The molecule has 2 heterocycles. The van der Waals surface area contributed by atoms with Gasteiger partial charge in [-0.05, 0) is 68.1 Å². The molecule has 0 atom stereocenters. The Kier molecular flexibility index (Phi) is 5.98. The fraction of sp³-hybridized carbons (Fsp3) is 0.409. The summed E-state index contributed by atoms with van der Waals surface area (Å²) < 4.78 is 41.0. The minimum atomic E-state index is -4.82. The predicted octanol–water partition coefficient (Wildman–Crippen LogP) is 4.93. The van der Waals surface area contributed by atoms with E-state index in [4.69, 9.17) is 0 Å². The van der Waals surface area contributed by atoms with Gasteiger partial charge in [0.25, 0.3) is 5.91 Å². The third-order valence-electron chi connectivity index (χ3n) is 4.99. The maximum Gasteiger partial charge on any atom is 0.573 e. The number of ether oxygens (including phenoxy) is 1. The van der Waals surface area contributed by atoms with Gasteiger partial charge in [-0.3, -0.25) is 9.78 Å². The van der Waals surface area contributed by atoms with Gasteiger partial charge in [-0.2, -0.15) is 0 Å². The molecule has 9 heteroatoms. The Hall–Kier alpha value is -3.10. The average molecular weight is 435 g/mol. The smallest absolute Gasteiger partial charge is 0.406 e. The SMILES string of the molecule is CC(C)Cc1cc(CN2C(=O)N(c3ccc(OC(F)(F)F)cc3)C(=O)C2(C)C)ccn1. The van der Waals surface area contributed by atoms with Crippen LogP contribution in [0.15, 0.2) is 42.6 Å². The van der Waals surface area contributed by atoms with Gasteiger partial charge in [-0.1, -0.05) is 13.8 Å². The van der Waals surface area contributed by atoms with Crippen LogP contribution >= 0.6 is 0 Å². The highest BCUT2D eigenvalue weighted by atomic mass is 19.4. The van der Waals surface area contributed by atoms with Crippen LogP contribution in [0.4, 0.5) is 23.7 Å². The zero-order valence-corrected chi connectivity index (χ0v) is 17.7. The number of pyridine rings is 1. The molecule has 1 aromatic carbocycles. The van der Waals surface area contributed by atoms with E-state index in [0.29, 0.717) is 5.92 Å². The molecular formula is C22H24F3N3O3. The topological polar surface area (TPSA) is 62.7 Å². The summed E-state index contributed by atoms with van der Waals surface area (Å²) in [5.41, 5.74) is 0.797. The summed E-state index contributed by atoms with van der Waals surface area (Å²) in [6, 6.07) is 7.82. The summed E-state index contributed by atoms with van der Waals surface area (Å²) in [6.45, 7) is 7.66. The molecule has 1 aromatic heterocycles. The number of carbonyl (C=O) groups is 2. The summed E-state index contributed by atoms with van der Waals surface area (Å²) in [7, 11) is 0. The number of benzene rings is 1. The summed E-state index contributed by atoms with van der Waals surface area (Å²) in [4.78, 5) is 32.9. The van der Waals surface area contributed by atoms with E-state index in [0.717, 1.165) is 34.7 Å². The second kappa shape index (κ2) is 8.20.